The molecule has 0 unspecified atom stereocenters. The molecule has 5 rings (SSSR count). The fourth-order valence-corrected chi connectivity index (χ4v) is 6.54. The molecule has 1 amide bonds. The number of nitrogens with zero attached hydrogens (tertiary/aromatic N) is 7. The Morgan fingerprint density at radius 3 is 2.67 bits per heavy atom. The van der Waals surface area contributed by atoms with Gasteiger partial charge in [0.2, 0.25) is 21.7 Å². The molecule has 2 aliphatic rings. The summed E-state index contributed by atoms with van der Waals surface area (Å²) in [6.07, 6.45) is 8.95. The van der Waals surface area contributed by atoms with Crippen LogP contribution < -0.4 is 10.6 Å². The number of aromatic nitrogens is 4. The van der Waals surface area contributed by atoms with Crippen LogP contribution >= 0.6 is 11.6 Å². The van der Waals surface area contributed by atoms with Gasteiger partial charge in [-0.3, -0.25) is 0 Å². The highest BCUT2D eigenvalue weighted by Crippen LogP contribution is 2.31. The van der Waals surface area contributed by atoms with E-state index >= 15 is 0 Å². The number of carbonyl (C=O) groups is 1. The molecule has 0 saturated carbocycles. The van der Waals surface area contributed by atoms with Crippen molar-refractivity contribution >= 4 is 39.4 Å². The quantitative estimate of drug-likeness (QED) is 0.358. The Morgan fingerprint density at radius 1 is 1.19 bits per heavy atom. The van der Waals surface area contributed by atoms with Crippen LogP contribution in [0, 0.1) is 6.57 Å². The summed E-state index contributed by atoms with van der Waals surface area (Å²) in [6.45, 7) is 10.4. The maximum Gasteiger partial charge on any atom is 0.409 e. The Labute approximate surface area is 256 Å². The molecule has 2 saturated heterocycles. The zero-order valence-corrected chi connectivity index (χ0v) is 25.6. The molecule has 3 aromatic rings. The first-order valence-electron chi connectivity index (χ1n) is 14.0. The molecule has 43 heavy (non-hydrogen) atoms. The number of rotatable bonds is 8. The normalized spacial score (nSPS) is 18.3. The standard InChI is InChI=1S/C28H34ClN9O4S/c1-30-24-16-32-27(34-21-8-11-37(12-9-21)43(3,40)41)35-26(24)20-15-33-38(17-20)25-7-6-19(13-23(25)29)14-31-22-5-4-10-36(18-22)28(39)42-2/h6-7,13,15-17,21-22,31H,4-5,8-12,14,18H2,2-3H3,(H,32,34,35)/t22-/m0/s1. The minimum absolute atomic E-state index is 0.0177. The van der Waals surface area contributed by atoms with E-state index in [1.807, 2.05) is 18.2 Å². The summed E-state index contributed by atoms with van der Waals surface area (Å²) < 4.78 is 31.6. The predicted octanol–water partition coefficient (Wildman–Crippen LogP) is 3.69. The van der Waals surface area contributed by atoms with E-state index in [-0.39, 0.29) is 23.9 Å². The summed E-state index contributed by atoms with van der Waals surface area (Å²) in [6, 6.07) is 5.94. The second kappa shape index (κ2) is 13.3. The Morgan fingerprint density at radius 2 is 1.98 bits per heavy atom. The van der Waals surface area contributed by atoms with Crippen molar-refractivity contribution < 1.29 is 17.9 Å². The van der Waals surface area contributed by atoms with Crippen LogP contribution in [0.4, 0.5) is 16.4 Å². The second-order valence-electron chi connectivity index (χ2n) is 10.7. The number of amides is 1. The summed E-state index contributed by atoms with van der Waals surface area (Å²) in [5.74, 6) is 0.371. The summed E-state index contributed by atoms with van der Waals surface area (Å²) in [7, 11) is -1.81. The highest BCUT2D eigenvalue weighted by molar-refractivity contribution is 7.88. The number of carbonyl (C=O) groups excluding carboxylic acids is 1. The van der Waals surface area contributed by atoms with Crippen LogP contribution in [-0.2, 0) is 21.3 Å². The van der Waals surface area contributed by atoms with Crippen molar-refractivity contribution in [2.45, 2.75) is 44.3 Å². The molecule has 13 nitrogen and oxygen atoms in total. The van der Waals surface area contributed by atoms with E-state index in [1.165, 1.54) is 23.9 Å². The summed E-state index contributed by atoms with van der Waals surface area (Å²) in [4.78, 5) is 26.1. The van der Waals surface area contributed by atoms with Gasteiger partial charge in [0, 0.05) is 62.8 Å². The van der Waals surface area contributed by atoms with Crippen molar-refractivity contribution in [3.05, 3.63) is 58.8 Å². The van der Waals surface area contributed by atoms with Gasteiger partial charge in [-0.25, -0.2) is 37.0 Å². The Kier molecular flexibility index (Phi) is 9.46. The number of nitrogens with one attached hydrogen (secondary N) is 2. The van der Waals surface area contributed by atoms with E-state index in [1.54, 1.807) is 22.0 Å². The van der Waals surface area contributed by atoms with Crippen LogP contribution in [0.15, 0.2) is 36.8 Å². The van der Waals surface area contributed by atoms with Crippen molar-refractivity contribution in [1.82, 2.24) is 34.3 Å². The number of hydrogen-bond donors (Lipinski definition) is 2. The lowest BCUT2D eigenvalue weighted by Crippen LogP contribution is -2.47. The minimum Gasteiger partial charge on any atom is -0.453 e. The van der Waals surface area contributed by atoms with E-state index in [2.05, 4.69) is 30.5 Å². The highest BCUT2D eigenvalue weighted by Gasteiger charge is 2.26. The monoisotopic (exact) mass is 627 g/mol. The van der Waals surface area contributed by atoms with E-state index in [9.17, 15) is 13.2 Å². The third-order valence-corrected chi connectivity index (χ3v) is 9.32. The molecule has 0 aliphatic carbocycles. The lowest BCUT2D eigenvalue weighted by Gasteiger charge is -2.32. The van der Waals surface area contributed by atoms with Gasteiger partial charge in [-0.15, -0.1) is 0 Å². The molecular formula is C28H34ClN9O4S. The SMILES string of the molecule is [C-]#[N+]c1cnc(NC2CCN(S(C)(=O)=O)CC2)nc1-c1cnn(-c2ccc(CN[C@H]3CCCN(C(=O)OC)C3)cc2Cl)c1. The van der Waals surface area contributed by atoms with Gasteiger partial charge >= 0.3 is 6.09 Å². The number of methoxy groups -OCH3 is 1. The van der Waals surface area contributed by atoms with Gasteiger partial charge in [0.25, 0.3) is 0 Å². The van der Waals surface area contributed by atoms with E-state index < -0.39 is 10.0 Å². The lowest BCUT2D eigenvalue weighted by molar-refractivity contribution is 0.107. The molecule has 15 heteroatoms. The van der Waals surface area contributed by atoms with E-state index in [4.69, 9.17) is 22.9 Å². The van der Waals surface area contributed by atoms with Crippen molar-refractivity contribution in [3.63, 3.8) is 0 Å². The molecule has 1 aromatic carbocycles. The van der Waals surface area contributed by atoms with Crippen molar-refractivity contribution in [2.24, 2.45) is 0 Å². The zero-order valence-electron chi connectivity index (χ0n) is 24.0. The molecule has 2 aromatic heterocycles. The Balaban J connectivity index is 1.25. The highest BCUT2D eigenvalue weighted by atomic mass is 35.5. The van der Waals surface area contributed by atoms with Crippen LogP contribution in [0.2, 0.25) is 5.02 Å². The van der Waals surface area contributed by atoms with Gasteiger partial charge in [-0.2, -0.15) is 5.10 Å². The molecule has 0 bridgehead atoms. The van der Waals surface area contributed by atoms with Crippen molar-refractivity contribution in [1.29, 1.82) is 0 Å². The number of benzene rings is 1. The van der Waals surface area contributed by atoms with Crippen molar-refractivity contribution in [3.8, 4) is 16.9 Å². The molecule has 228 valence electrons. The molecular weight excluding hydrogens is 594 g/mol. The Bertz CT molecular complexity index is 1620. The van der Waals surface area contributed by atoms with Gasteiger partial charge in [-0.05, 0) is 43.4 Å². The average molecular weight is 628 g/mol. The van der Waals surface area contributed by atoms with E-state index in [0.29, 0.717) is 73.5 Å². The molecule has 0 radical (unpaired) electrons. The van der Waals surface area contributed by atoms with Crippen LogP contribution in [0.25, 0.3) is 21.8 Å². The van der Waals surface area contributed by atoms with Gasteiger partial charge < -0.3 is 20.3 Å². The average Bonchev–Trinajstić information content (AvgIpc) is 3.49. The van der Waals surface area contributed by atoms with Crippen LogP contribution in [0.1, 0.15) is 31.2 Å². The van der Waals surface area contributed by atoms with Gasteiger partial charge in [0.15, 0.2) is 0 Å². The van der Waals surface area contributed by atoms with E-state index in [0.717, 1.165) is 18.4 Å². The summed E-state index contributed by atoms with van der Waals surface area (Å²) >= 11 is 6.67. The largest absolute Gasteiger partial charge is 0.453 e. The first-order valence-corrected chi connectivity index (χ1v) is 16.2. The lowest BCUT2D eigenvalue weighted by atomic mass is 10.1. The number of sulfonamides is 1. The zero-order chi connectivity index (χ0) is 30.6. The van der Waals surface area contributed by atoms with Gasteiger partial charge in [0.05, 0.1) is 42.5 Å². The smallest absolute Gasteiger partial charge is 0.409 e. The maximum atomic E-state index is 11.9. The summed E-state index contributed by atoms with van der Waals surface area (Å²) in [5, 5.41) is 11.8. The Hall–Kier alpha value is -3.77. The maximum absolute atomic E-state index is 11.9. The van der Waals surface area contributed by atoms with Gasteiger partial charge in [-0.1, -0.05) is 17.7 Å². The fourth-order valence-electron chi connectivity index (χ4n) is 5.38. The van der Waals surface area contributed by atoms with Crippen LogP contribution in [0.5, 0.6) is 0 Å². The summed E-state index contributed by atoms with van der Waals surface area (Å²) in [5.41, 5.74) is 3.05. The first-order chi connectivity index (χ1) is 20.6. The number of ether oxygens (including phenoxy) is 1. The molecule has 1 atom stereocenters. The second-order valence-corrected chi connectivity index (χ2v) is 13.1. The number of hydrogen-bond acceptors (Lipinski definition) is 9. The third kappa shape index (κ3) is 7.42. The predicted molar refractivity (Wildman–Crippen MR) is 163 cm³/mol. The van der Waals surface area contributed by atoms with Crippen LogP contribution in [-0.4, -0.2) is 95.1 Å². The minimum atomic E-state index is -3.21. The molecule has 2 N–H and O–H groups in total. The molecule has 2 fully saturated rings. The topological polar surface area (TPSA) is 139 Å². The van der Waals surface area contributed by atoms with Gasteiger partial charge in [0.1, 0.15) is 0 Å². The third-order valence-electron chi connectivity index (χ3n) is 7.71. The first kappa shape index (κ1) is 30.7. The number of piperidine rings is 2. The van der Waals surface area contributed by atoms with Crippen molar-refractivity contribution in [2.75, 3.05) is 44.9 Å². The number of likely N-dealkylation sites (tertiary alicyclic amines) is 1. The number of halogens is 1. The molecule has 2 aliphatic heterocycles. The van der Waals surface area contributed by atoms with Crippen LogP contribution in [0.3, 0.4) is 0 Å². The number of anilines is 1. The molecule has 4 heterocycles. The fraction of sp³-hybridized carbons (Fsp3) is 0.464. The molecule has 0 spiro atoms.